The summed E-state index contributed by atoms with van der Waals surface area (Å²) in [6, 6.07) is 0. The molecule has 0 bridgehead atoms. The zero-order chi connectivity index (χ0) is 21.6. The summed E-state index contributed by atoms with van der Waals surface area (Å²) in [7, 11) is 0. The van der Waals surface area contributed by atoms with Crippen LogP contribution in [0.1, 0.15) is 130 Å². The van der Waals surface area contributed by atoms with Crippen LogP contribution in [0.5, 0.6) is 0 Å². The molecule has 0 aliphatic carbocycles. The van der Waals surface area contributed by atoms with E-state index in [0.717, 1.165) is 57.8 Å². The van der Waals surface area contributed by atoms with E-state index in [9.17, 15) is 9.59 Å². The molecule has 0 heterocycles. The van der Waals surface area contributed by atoms with Crippen LogP contribution in [-0.2, 0) is 19.1 Å². The molecule has 172 valence electrons. The second-order valence-corrected chi connectivity index (χ2v) is 8.49. The lowest BCUT2D eigenvalue weighted by Crippen LogP contribution is -2.08. The second-order valence-electron chi connectivity index (χ2n) is 8.49. The fourth-order valence-corrected chi connectivity index (χ4v) is 3.21. The molecule has 0 saturated carbocycles. The van der Waals surface area contributed by atoms with Crippen molar-refractivity contribution < 1.29 is 19.1 Å². The summed E-state index contributed by atoms with van der Waals surface area (Å²) in [5, 5.41) is 0. The van der Waals surface area contributed by atoms with E-state index in [1.807, 2.05) is 0 Å². The zero-order valence-corrected chi connectivity index (χ0v) is 19.6. The van der Waals surface area contributed by atoms with E-state index in [4.69, 9.17) is 9.47 Å². The molecule has 0 radical (unpaired) electrons. The van der Waals surface area contributed by atoms with E-state index in [1.165, 1.54) is 38.5 Å². The van der Waals surface area contributed by atoms with Gasteiger partial charge in [0.25, 0.3) is 0 Å². The van der Waals surface area contributed by atoms with Gasteiger partial charge in [-0.3, -0.25) is 9.59 Å². The van der Waals surface area contributed by atoms with Crippen LogP contribution in [0.4, 0.5) is 0 Å². The third-order valence-corrected chi connectivity index (χ3v) is 5.59. The summed E-state index contributed by atoms with van der Waals surface area (Å²) >= 11 is 0. The average Bonchev–Trinajstić information content (AvgIpc) is 2.71. The number of carbonyl (C=O) groups excluding carboxylic acids is 2. The standard InChI is InChI=1S/C25H48O4/c1-4-6-7-8-11-14-17-21-28-24(26)18-15-12-9-10-13-16-19-25(27)29-22-20-23(3)5-2/h23H,4-22H2,1-3H3. The largest absolute Gasteiger partial charge is 0.466 e. The van der Waals surface area contributed by atoms with Crippen molar-refractivity contribution in [3.8, 4) is 0 Å². The highest BCUT2D eigenvalue weighted by Gasteiger charge is 2.05. The molecule has 1 unspecified atom stereocenters. The maximum absolute atomic E-state index is 11.7. The van der Waals surface area contributed by atoms with Crippen LogP contribution in [0.3, 0.4) is 0 Å². The van der Waals surface area contributed by atoms with Crippen LogP contribution in [0, 0.1) is 5.92 Å². The van der Waals surface area contributed by atoms with Crippen LogP contribution in [0.15, 0.2) is 0 Å². The molecular weight excluding hydrogens is 364 g/mol. The summed E-state index contributed by atoms with van der Waals surface area (Å²) in [4.78, 5) is 23.3. The molecule has 4 nitrogen and oxygen atoms in total. The van der Waals surface area contributed by atoms with Gasteiger partial charge in [-0.1, -0.05) is 91.4 Å². The Morgan fingerprint density at radius 3 is 1.59 bits per heavy atom. The van der Waals surface area contributed by atoms with E-state index in [1.54, 1.807) is 0 Å². The fraction of sp³-hybridized carbons (Fsp3) is 0.920. The molecule has 0 fully saturated rings. The third-order valence-electron chi connectivity index (χ3n) is 5.59. The molecule has 0 aliphatic rings. The monoisotopic (exact) mass is 412 g/mol. The van der Waals surface area contributed by atoms with Crippen molar-refractivity contribution in [1.29, 1.82) is 0 Å². The van der Waals surface area contributed by atoms with Crippen molar-refractivity contribution in [2.45, 2.75) is 130 Å². The minimum Gasteiger partial charge on any atom is -0.466 e. The van der Waals surface area contributed by atoms with Crippen molar-refractivity contribution in [3.63, 3.8) is 0 Å². The first kappa shape index (κ1) is 27.9. The lowest BCUT2D eigenvalue weighted by molar-refractivity contribution is -0.145. The molecule has 0 aromatic carbocycles. The van der Waals surface area contributed by atoms with Gasteiger partial charge in [0, 0.05) is 12.8 Å². The molecule has 0 rings (SSSR count). The van der Waals surface area contributed by atoms with E-state index >= 15 is 0 Å². The van der Waals surface area contributed by atoms with Crippen LogP contribution < -0.4 is 0 Å². The predicted octanol–water partition coefficient (Wildman–Crippen LogP) is 7.38. The Morgan fingerprint density at radius 1 is 0.621 bits per heavy atom. The highest BCUT2D eigenvalue weighted by molar-refractivity contribution is 5.69. The van der Waals surface area contributed by atoms with Gasteiger partial charge in [-0.2, -0.15) is 0 Å². The van der Waals surface area contributed by atoms with Crippen LogP contribution in [-0.4, -0.2) is 25.2 Å². The summed E-state index contributed by atoms with van der Waals surface area (Å²) in [6.45, 7) is 7.72. The topological polar surface area (TPSA) is 52.6 Å². The minimum atomic E-state index is -0.0583. The van der Waals surface area contributed by atoms with Crippen LogP contribution in [0.25, 0.3) is 0 Å². The predicted molar refractivity (Wildman–Crippen MR) is 121 cm³/mol. The fourth-order valence-electron chi connectivity index (χ4n) is 3.21. The molecule has 0 aromatic rings. The van der Waals surface area contributed by atoms with E-state index in [2.05, 4.69) is 20.8 Å². The zero-order valence-electron chi connectivity index (χ0n) is 19.6. The lowest BCUT2D eigenvalue weighted by atomic mass is 10.1. The van der Waals surface area contributed by atoms with Gasteiger partial charge < -0.3 is 9.47 Å². The summed E-state index contributed by atoms with van der Waals surface area (Å²) in [5.74, 6) is 0.522. The molecule has 29 heavy (non-hydrogen) atoms. The number of ether oxygens (including phenoxy) is 2. The molecule has 0 saturated heterocycles. The van der Waals surface area contributed by atoms with Crippen molar-refractivity contribution in [2.75, 3.05) is 13.2 Å². The van der Waals surface area contributed by atoms with E-state index in [0.29, 0.717) is 32.0 Å². The first-order valence-electron chi connectivity index (χ1n) is 12.4. The van der Waals surface area contributed by atoms with E-state index < -0.39 is 0 Å². The Kier molecular flexibility index (Phi) is 20.9. The van der Waals surface area contributed by atoms with Crippen LogP contribution >= 0.6 is 0 Å². The summed E-state index contributed by atoms with van der Waals surface area (Å²) < 4.78 is 10.6. The Bertz CT molecular complexity index is 381. The average molecular weight is 413 g/mol. The number of rotatable bonds is 21. The summed E-state index contributed by atoms with van der Waals surface area (Å²) in [6.07, 6.45) is 18.0. The van der Waals surface area contributed by atoms with Gasteiger partial charge in [-0.25, -0.2) is 0 Å². The Balaban J connectivity index is 3.29. The Hall–Kier alpha value is -1.06. The molecule has 4 heteroatoms. The molecule has 0 N–H and O–H groups in total. The highest BCUT2D eigenvalue weighted by Crippen LogP contribution is 2.11. The van der Waals surface area contributed by atoms with Gasteiger partial charge in [0.1, 0.15) is 0 Å². The van der Waals surface area contributed by atoms with Gasteiger partial charge in [-0.05, 0) is 31.6 Å². The molecular formula is C25H48O4. The molecule has 0 spiro atoms. The van der Waals surface area contributed by atoms with Crippen molar-refractivity contribution in [3.05, 3.63) is 0 Å². The van der Waals surface area contributed by atoms with Gasteiger partial charge in [-0.15, -0.1) is 0 Å². The normalized spacial score (nSPS) is 12.0. The maximum atomic E-state index is 11.7. The number of hydrogen-bond donors (Lipinski definition) is 0. The number of carbonyl (C=O) groups is 2. The number of unbranched alkanes of at least 4 members (excludes halogenated alkanes) is 11. The second kappa shape index (κ2) is 21.6. The SMILES string of the molecule is CCCCCCCCCOC(=O)CCCCCCCCC(=O)OCCC(C)CC. The molecule has 1 atom stereocenters. The quantitative estimate of drug-likeness (QED) is 0.146. The van der Waals surface area contributed by atoms with Gasteiger partial charge in [0.15, 0.2) is 0 Å². The lowest BCUT2D eigenvalue weighted by Gasteiger charge is -2.09. The number of hydrogen-bond acceptors (Lipinski definition) is 4. The van der Waals surface area contributed by atoms with Gasteiger partial charge in [0.05, 0.1) is 13.2 Å². The van der Waals surface area contributed by atoms with Crippen molar-refractivity contribution >= 4 is 11.9 Å². The summed E-state index contributed by atoms with van der Waals surface area (Å²) in [5.41, 5.74) is 0. The maximum Gasteiger partial charge on any atom is 0.305 e. The first-order valence-corrected chi connectivity index (χ1v) is 12.4. The molecule has 0 amide bonds. The molecule has 0 aromatic heterocycles. The number of esters is 2. The van der Waals surface area contributed by atoms with Crippen LogP contribution in [0.2, 0.25) is 0 Å². The van der Waals surface area contributed by atoms with Crippen molar-refractivity contribution in [2.24, 2.45) is 5.92 Å². The van der Waals surface area contributed by atoms with Gasteiger partial charge >= 0.3 is 11.9 Å². The third kappa shape index (κ3) is 21.5. The smallest absolute Gasteiger partial charge is 0.305 e. The Labute approximate surface area is 180 Å². The Morgan fingerprint density at radius 2 is 1.07 bits per heavy atom. The molecule has 0 aliphatic heterocycles. The minimum absolute atomic E-state index is 0.0453. The van der Waals surface area contributed by atoms with Crippen molar-refractivity contribution in [1.82, 2.24) is 0 Å². The van der Waals surface area contributed by atoms with Gasteiger partial charge in [0.2, 0.25) is 0 Å². The van der Waals surface area contributed by atoms with E-state index in [-0.39, 0.29) is 11.9 Å². The highest BCUT2D eigenvalue weighted by atomic mass is 16.5. The first-order chi connectivity index (χ1) is 14.1.